The third-order valence-corrected chi connectivity index (χ3v) is 4.99. The fraction of sp³-hybridized carbons (Fsp3) is 0.444. The molecule has 0 spiro atoms. The van der Waals surface area contributed by atoms with Crippen LogP contribution in [-0.2, 0) is 16.0 Å². The van der Waals surface area contributed by atoms with Gasteiger partial charge in [0, 0.05) is 5.69 Å². The lowest BCUT2D eigenvalue weighted by atomic mass is 9.62. The van der Waals surface area contributed by atoms with E-state index in [-0.39, 0.29) is 17.7 Å². The number of benzene rings is 1. The first-order valence-electron chi connectivity index (χ1n) is 7.91. The van der Waals surface area contributed by atoms with E-state index in [0.29, 0.717) is 0 Å². The quantitative estimate of drug-likeness (QED) is 0.840. The van der Waals surface area contributed by atoms with Gasteiger partial charge in [-0.3, -0.25) is 9.59 Å². The number of carbonyl (C=O) groups is 2. The van der Waals surface area contributed by atoms with Crippen LogP contribution in [0.3, 0.4) is 0 Å². The van der Waals surface area contributed by atoms with Gasteiger partial charge in [0.25, 0.3) is 0 Å². The summed E-state index contributed by atoms with van der Waals surface area (Å²) >= 11 is 0. The van der Waals surface area contributed by atoms with E-state index in [1.165, 1.54) is 0 Å². The van der Waals surface area contributed by atoms with E-state index in [9.17, 15) is 14.7 Å². The van der Waals surface area contributed by atoms with Crippen LogP contribution in [0.15, 0.2) is 36.4 Å². The molecule has 116 valence electrons. The number of carboxylic acids is 1. The van der Waals surface area contributed by atoms with Crippen molar-refractivity contribution in [3.05, 3.63) is 42.0 Å². The zero-order valence-corrected chi connectivity index (χ0v) is 12.7. The second-order valence-corrected chi connectivity index (χ2v) is 6.18. The average molecular weight is 299 g/mol. The molecule has 1 fully saturated rings. The number of para-hydroxylation sites is 1. The largest absolute Gasteiger partial charge is 0.481 e. The number of aryl methyl sites for hydroxylation is 1. The third-order valence-electron chi connectivity index (χ3n) is 4.99. The van der Waals surface area contributed by atoms with Gasteiger partial charge < -0.3 is 10.4 Å². The van der Waals surface area contributed by atoms with Crippen molar-refractivity contribution in [3.8, 4) is 0 Å². The monoisotopic (exact) mass is 299 g/mol. The molecule has 1 saturated carbocycles. The highest BCUT2D eigenvalue weighted by molar-refractivity contribution is 5.96. The smallest absolute Gasteiger partial charge is 0.307 e. The fourth-order valence-corrected chi connectivity index (χ4v) is 3.85. The molecule has 1 amide bonds. The van der Waals surface area contributed by atoms with E-state index >= 15 is 0 Å². The number of aliphatic carboxylic acids is 1. The van der Waals surface area contributed by atoms with Gasteiger partial charge in [-0.15, -0.1) is 0 Å². The molecule has 0 aliphatic heterocycles. The molecule has 2 bridgehead atoms. The van der Waals surface area contributed by atoms with E-state index in [1.54, 1.807) is 0 Å². The Morgan fingerprint density at radius 2 is 1.77 bits per heavy atom. The molecule has 1 aromatic carbocycles. The number of hydrogen-bond donors (Lipinski definition) is 2. The van der Waals surface area contributed by atoms with Gasteiger partial charge >= 0.3 is 5.97 Å². The molecule has 4 unspecified atom stereocenters. The molecular weight excluding hydrogens is 278 g/mol. The summed E-state index contributed by atoms with van der Waals surface area (Å²) in [6.45, 7) is 2.04. The number of fused-ring (bicyclic) bond motifs is 2. The number of carboxylic acid groups (broad SMARTS) is 1. The maximum Gasteiger partial charge on any atom is 0.307 e. The second-order valence-electron chi connectivity index (χ2n) is 6.18. The van der Waals surface area contributed by atoms with E-state index in [0.717, 1.165) is 30.5 Å². The standard InChI is InChI=1S/C18H21NO3/c1-2-11-5-3-4-6-14(11)19-17(20)15-12-7-9-13(10-8-12)16(15)18(21)22/h3-7,9,12-13,15-16H,2,8,10H2,1H3,(H,19,20)(H,21,22). The molecule has 22 heavy (non-hydrogen) atoms. The van der Waals surface area contributed by atoms with Crippen LogP contribution in [0.25, 0.3) is 0 Å². The van der Waals surface area contributed by atoms with Crippen molar-refractivity contribution in [2.45, 2.75) is 26.2 Å². The van der Waals surface area contributed by atoms with Gasteiger partial charge in [-0.05, 0) is 42.7 Å². The van der Waals surface area contributed by atoms with E-state index in [2.05, 4.69) is 5.32 Å². The number of allylic oxidation sites excluding steroid dienone is 2. The Morgan fingerprint density at radius 3 is 2.36 bits per heavy atom. The minimum Gasteiger partial charge on any atom is -0.481 e. The Labute approximate surface area is 130 Å². The van der Waals surface area contributed by atoms with Crippen LogP contribution in [0.4, 0.5) is 5.69 Å². The van der Waals surface area contributed by atoms with Crippen LogP contribution >= 0.6 is 0 Å². The molecule has 4 nitrogen and oxygen atoms in total. The third kappa shape index (κ3) is 2.54. The predicted octanol–water partition coefficient (Wildman–Crippen LogP) is 3.10. The van der Waals surface area contributed by atoms with Crippen LogP contribution < -0.4 is 5.32 Å². The number of nitrogens with one attached hydrogen (secondary N) is 1. The summed E-state index contributed by atoms with van der Waals surface area (Å²) in [6.07, 6.45) is 6.61. The van der Waals surface area contributed by atoms with Crippen molar-refractivity contribution in [1.29, 1.82) is 0 Å². The lowest BCUT2D eigenvalue weighted by Crippen LogP contribution is -2.47. The van der Waals surface area contributed by atoms with Crippen molar-refractivity contribution in [1.82, 2.24) is 0 Å². The molecule has 4 heteroatoms. The zero-order valence-electron chi connectivity index (χ0n) is 12.7. The van der Waals surface area contributed by atoms with Crippen LogP contribution in [0, 0.1) is 23.7 Å². The van der Waals surface area contributed by atoms with E-state index < -0.39 is 17.8 Å². The first-order valence-corrected chi connectivity index (χ1v) is 7.91. The molecule has 0 saturated heterocycles. The molecule has 3 aliphatic rings. The summed E-state index contributed by atoms with van der Waals surface area (Å²) in [7, 11) is 0. The Hall–Kier alpha value is -2.10. The zero-order chi connectivity index (χ0) is 15.7. The molecule has 4 atom stereocenters. The van der Waals surface area contributed by atoms with Crippen molar-refractivity contribution >= 4 is 17.6 Å². The summed E-state index contributed by atoms with van der Waals surface area (Å²) in [5, 5.41) is 12.5. The minimum atomic E-state index is -0.858. The molecule has 2 N–H and O–H groups in total. The second kappa shape index (κ2) is 5.95. The lowest BCUT2D eigenvalue weighted by molar-refractivity contribution is -0.151. The van der Waals surface area contributed by atoms with E-state index in [1.807, 2.05) is 43.3 Å². The summed E-state index contributed by atoms with van der Waals surface area (Å²) in [4.78, 5) is 24.4. The number of amides is 1. The summed E-state index contributed by atoms with van der Waals surface area (Å²) in [5.41, 5.74) is 1.86. The first kappa shape index (κ1) is 14.8. The number of hydrogen-bond acceptors (Lipinski definition) is 2. The van der Waals surface area contributed by atoms with Gasteiger partial charge in [-0.2, -0.15) is 0 Å². The molecule has 1 aromatic rings. The van der Waals surface area contributed by atoms with Crippen molar-refractivity contribution in [2.24, 2.45) is 23.7 Å². The SMILES string of the molecule is CCc1ccccc1NC(=O)C1C2C=CC(CC2)C1C(=O)O. The van der Waals surface area contributed by atoms with Gasteiger partial charge in [0.1, 0.15) is 0 Å². The molecule has 4 rings (SSSR count). The Morgan fingerprint density at radius 1 is 1.14 bits per heavy atom. The normalized spacial score (nSPS) is 29.3. The van der Waals surface area contributed by atoms with Gasteiger partial charge in [-0.25, -0.2) is 0 Å². The fourth-order valence-electron chi connectivity index (χ4n) is 3.85. The van der Waals surface area contributed by atoms with Crippen molar-refractivity contribution in [2.75, 3.05) is 5.32 Å². The maximum atomic E-state index is 12.7. The topological polar surface area (TPSA) is 66.4 Å². The predicted molar refractivity (Wildman–Crippen MR) is 84.4 cm³/mol. The highest BCUT2D eigenvalue weighted by Crippen LogP contribution is 2.45. The molecular formula is C18H21NO3. The number of carbonyl (C=O) groups excluding carboxylic acids is 1. The van der Waals surface area contributed by atoms with E-state index in [4.69, 9.17) is 0 Å². The molecule has 0 radical (unpaired) electrons. The van der Waals surface area contributed by atoms with Gasteiger partial charge in [0.15, 0.2) is 0 Å². The Balaban J connectivity index is 1.84. The molecule has 3 aliphatic carbocycles. The minimum absolute atomic E-state index is 0.0142. The van der Waals surface area contributed by atoms with Crippen LogP contribution in [0.1, 0.15) is 25.3 Å². The lowest BCUT2D eigenvalue weighted by Gasteiger charge is -2.41. The van der Waals surface area contributed by atoms with Crippen LogP contribution in [-0.4, -0.2) is 17.0 Å². The summed E-state index contributed by atoms with van der Waals surface area (Å²) in [5.74, 6) is -2.06. The number of rotatable bonds is 4. The van der Waals surface area contributed by atoms with Crippen LogP contribution in [0.2, 0.25) is 0 Å². The Bertz CT molecular complexity index is 623. The molecule has 0 heterocycles. The van der Waals surface area contributed by atoms with Gasteiger partial charge in [0.2, 0.25) is 5.91 Å². The summed E-state index contributed by atoms with van der Waals surface area (Å²) in [6, 6.07) is 7.69. The van der Waals surface area contributed by atoms with Crippen LogP contribution in [0.5, 0.6) is 0 Å². The first-order chi connectivity index (χ1) is 10.6. The highest BCUT2D eigenvalue weighted by atomic mass is 16.4. The van der Waals surface area contributed by atoms with Gasteiger partial charge in [0.05, 0.1) is 11.8 Å². The van der Waals surface area contributed by atoms with Gasteiger partial charge in [-0.1, -0.05) is 37.3 Å². The average Bonchev–Trinajstić information content (AvgIpc) is 2.55. The van der Waals surface area contributed by atoms with Crippen molar-refractivity contribution in [3.63, 3.8) is 0 Å². The highest BCUT2D eigenvalue weighted by Gasteiger charge is 2.48. The summed E-state index contributed by atoms with van der Waals surface area (Å²) < 4.78 is 0. The maximum absolute atomic E-state index is 12.7. The Kier molecular flexibility index (Phi) is 4.01. The molecule has 0 aromatic heterocycles. The van der Waals surface area contributed by atoms with Crippen molar-refractivity contribution < 1.29 is 14.7 Å². The number of anilines is 1.